The number of aryl methyl sites for hydroxylation is 1. The van der Waals surface area contributed by atoms with Gasteiger partial charge in [-0.05, 0) is 18.1 Å². The van der Waals surface area contributed by atoms with E-state index in [0.29, 0.717) is 5.75 Å². The van der Waals surface area contributed by atoms with Crippen LogP contribution in [-0.2, 0) is 6.42 Å². The maximum absolute atomic E-state index is 10.8. The summed E-state index contributed by atoms with van der Waals surface area (Å²) in [5.41, 5.74) is 6.96. The summed E-state index contributed by atoms with van der Waals surface area (Å²) in [5.74, 6) is -0.550. The standard InChI is InChI=1S/C11H15NO3/c1-3-4-7-5-6-8(11(13)14)9(12)10(7)15-2/h5-6H,3-4,12H2,1-2H3,(H,13,14). The Morgan fingerprint density at radius 3 is 2.67 bits per heavy atom. The molecule has 4 heteroatoms. The van der Waals surface area contributed by atoms with Crippen molar-refractivity contribution >= 4 is 11.7 Å². The molecule has 0 aliphatic heterocycles. The number of methoxy groups -OCH3 is 1. The molecule has 0 heterocycles. The van der Waals surface area contributed by atoms with Crippen molar-refractivity contribution in [3.8, 4) is 5.75 Å². The first-order valence-corrected chi connectivity index (χ1v) is 4.80. The van der Waals surface area contributed by atoms with Gasteiger partial charge in [-0.1, -0.05) is 19.4 Å². The zero-order valence-electron chi connectivity index (χ0n) is 8.91. The van der Waals surface area contributed by atoms with E-state index in [0.717, 1.165) is 18.4 Å². The number of carbonyl (C=O) groups is 1. The number of nitrogens with two attached hydrogens (primary N) is 1. The van der Waals surface area contributed by atoms with Crippen molar-refractivity contribution in [2.24, 2.45) is 0 Å². The quantitative estimate of drug-likeness (QED) is 0.743. The van der Waals surface area contributed by atoms with Gasteiger partial charge in [-0.25, -0.2) is 4.79 Å². The fourth-order valence-electron chi connectivity index (χ4n) is 1.54. The maximum atomic E-state index is 10.8. The van der Waals surface area contributed by atoms with Crippen LogP contribution in [0.15, 0.2) is 12.1 Å². The van der Waals surface area contributed by atoms with E-state index in [1.807, 2.05) is 6.92 Å². The van der Waals surface area contributed by atoms with E-state index in [4.69, 9.17) is 15.6 Å². The summed E-state index contributed by atoms with van der Waals surface area (Å²) in [7, 11) is 1.50. The SMILES string of the molecule is CCCc1ccc(C(=O)O)c(N)c1OC. The number of carboxylic acids is 1. The number of carboxylic acid groups (broad SMARTS) is 1. The molecule has 0 aromatic heterocycles. The minimum Gasteiger partial charge on any atom is -0.494 e. The van der Waals surface area contributed by atoms with Gasteiger partial charge in [0.05, 0.1) is 18.4 Å². The Bertz CT molecular complexity index is 374. The molecule has 0 aliphatic carbocycles. The maximum Gasteiger partial charge on any atom is 0.337 e. The molecule has 0 atom stereocenters. The Balaban J connectivity index is 3.25. The molecule has 0 saturated carbocycles. The number of nitrogen functional groups attached to an aromatic ring is 1. The average Bonchev–Trinajstić information content (AvgIpc) is 2.18. The molecular weight excluding hydrogens is 194 g/mol. The summed E-state index contributed by atoms with van der Waals surface area (Å²) in [6.45, 7) is 2.04. The predicted octanol–water partition coefficient (Wildman–Crippen LogP) is 1.93. The van der Waals surface area contributed by atoms with Gasteiger partial charge in [0.15, 0.2) is 0 Å². The number of ether oxygens (including phenoxy) is 1. The van der Waals surface area contributed by atoms with E-state index in [9.17, 15) is 4.79 Å². The lowest BCUT2D eigenvalue weighted by Crippen LogP contribution is -2.06. The Kier molecular flexibility index (Phi) is 3.55. The lowest BCUT2D eigenvalue weighted by Gasteiger charge is -2.12. The van der Waals surface area contributed by atoms with Gasteiger partial charge in [0, 0.05) is 0 Å². The van der Waals surface area contributed by atoms with E-state index < -0.39 is 5.97 Å². The van der Waals surface area contributed by atoms with Crippen LogP contribution in [0.3, 0.4) is 0 Å². The van der Waals surface area contributed by atoms with Gasteiger partial charge >= 0.3 is 5.97 Å². The fourth-order valence-corrected chi connectivity index (χ4v) is 1.54. The predicted molar refractivity (Wildman–Crippen MR) is 58.4 cm³/mol. The lowest BCUT2D eigenvalue weighted by molar-refractivity contribution is 0.0697. The van der Waals surface area contributed by atoms with Crippen LogP contribution < -0.4 is 10.5 Å². The Hall–Kier alpha value is -1.71. The van der Waals surface area contributed by atoms with Crippen LogP contribution in [0.2, 0.25) is 0 Å². The number of benzene rings is 1. The third-order valence-electron chi connectivity index (χ3n) is 2.23. The minimum absolute atomic E-state index is 0.0895. The molecule has 3 N–H and O–H groups in total. The highest BCUT2D eigenvalue weighted by atomic mass is 16.5. The second-order valence-corrected chi connectivity index (χ2v) is 3.27. The average molecular weight is 209 g/mol. The van der Waals surface area contributed by atoms with Crippen molar-refractivity contribution in [3.63, 3.8) is 0 Å². The summed E-state index contributed by atoms with van der Waals surface area (Å²) >= 11 is 0. The molecule has 0 aliphatic rings. The first-order valence-electron chi connectivity index (χ1n) is 4.80. The molecule has 15 heavy (non-hydrogen) atoms. The lowest BCUT2D eigenvalue weighted by atomic mass is 10.0. The highest BCUT2D eigenvalue weighted by molar-refractivity contribution is 5.95. The molecule has 0 fully saturated rings. The first kappa shape index (κ1) is 11.4. The van der Waals surface area contributed by atoms with Gasteiger partial charge in [0.2, 0.25) is 0 Å². The zero-order chi connectivity index (χ0) is 11.4. The molecule has 0 bridgehead atoms. The molecule has 82 valence electrons. The molecule has 0 saturated heterocycles. The van der Waals surface area contributed by atoms with Crippen molar-refractivity contribution in [1.82, 2.24) is 0 Å². The number of anilines is 1. The van der Waals surface area contributed by atoms with E-state index in [1.54, 1.807) is 6.07 Å². The molecule has 4 nitrogen and oxygen atoms in total. The van der Waals surface area contributed by atoms with E-state index in [1.165, 1.54) is 13.2 Å². The minimum atomic E-state index is -1.03. The summed E-state index contributed by atoms with van der Waals surface area (Å²) in [6, 6.07) is 3.27. The van der Waals surface area contributed by atoms with Crippen LogP contribution in [0.1, 0.15) is 29.3 Å². The third-order valence-corrected chi connectivity index (χ3v) is 2.23. The Morgan fingerprint density at radius 1 is 1.53 bits per heavy atom. The summed E-state index contributed by atoms with van der Waals surface area (Å²) in [6.07, 6.45) is 1.79. The first-order chi connectivity index (χ1) is 7.11. The van der Waals surface area contributed by atoms with Crippen molar-refractivity contribution in [1.29, 1.82) is 0 Å². The molecule has 1 rings (SSSR count). The molecule has 0 spiro atoms. The number of rotatable bonds is 4. The van der Waals surface area contributed by atoms with E-state index in [2.05, 4.69) is 0 Å². The molecule has 0 unspecified atom stereocenters. The fraction of sp³-hybridized carbons (Fsp3) is 0.364. The number of aromatic carboxylic acids is 1. The number of hydrogen-bond acceptors (Lipinski definition) is 3. The van der Waals surface area contributed by atoms with Crippen molar-refractivity contribution in [2.75, 3.05) is 12.8 Å². The molecule has 1 aromatic rings. The van der Waals surface area contributed by atoms with Gasteiger partial charge < -0.3 is 15.6 Å². The van der Waals surface area contributed by atoms with Gasteiger partial charge in [-0.2, -0.15) is 0 Å². The van der Waals surface area contributed by atoms with Crippen LogP contribution in [0.4, 0.5) is 5.69 Å². The largest absolute Gasteiger partial charge is 0.494 e. The van der Waals surface area contributed by atoms with Crippen LogP contribution in [0.25, 0.3) is 0 Å². The summed E-state index contributed by atoms with van der Waals surface area (Å²) in [5, 5.41) is 8.87. The second kappa shape index (κ2) is 4.68. The normalized spacial score (nSPS) is 10.0. The zero-order valence-corrected chi connectivity index (χ0v) is 8.91. The topological polar surface area (TPSA) is 72.5 Å². The molecule has 0 amide bonds. The second-order valence-electron chi connectivity index (χ2n) is 3.27. The summed E-state index contributed by atoms with van der Waals surface area (Å²) < 4.78 is 5.13. The Morgan fingerprint density at radius 2 is 2.20 bits per heavy atom. The van der Waals surface area contributed by atoms with Crippen LogP contribution in [0.5, 0.6) is 5.75 Å². The van der Waals surface area contributed by atoms with E-state index >= 15 is 0 Å². The molecule has 0 radical (unpaired) electrons. The van der Waals surface area contributed by atoms with Gasteiger partial charge in [-0.3, -0.25) is 0 Å². The third kappa shape index (κ3) is 2.21. The highest BCUT2D eigenvalue weighted by Gasteiger charge is 2.15. The van der Waals surface area contributed by atoms with Gasteiger partial charge in [0.25, 0.3) is 0 Å². The summed E-state index contributed by atoms with van der Waals surface area (Å²) in [4.78, 5) is 10.8. The Labute approximate surface area is 88.7 Å². The highest BCUT2D eigenvalue weighted by Crippen LogP contribution is 2.30. The van der Waals surface area contributed by atoms with Crippen molar-refractivity contribution in [3.05, 3.63) is 23.3 Å². The van der Waals surface area contributed by atoms with Gasteiger partial charge in [0.1, 0.15) is 5.75 Å². The van der Waals surface area contributed by atoms with Gasteiger partial charge in [-0.15, -0.1) is 0 Å². The van der Waals surface area contributed by atoms with Crippen LogP contribution in [-0.4, -0.2) is 18.2 Å². The smallest absolute Gasteiger partial charge is 0.337 e. The van der Waals surface area contributed by atoms with Crippen molar-refractivity contribution < 1.29 is 14.6 Å². The molecule has 1 aromatic carbocycles. The van der Waals surface area contributed by atoms with Crippen LogP contribution >= 0.6 is 0 Å². The monoisotopic (exact) mass is 209 g/mol. The van der Waals surface area contributed by atoms with Crippen molar-refractivity contribution in [2.45, 2.75) is 19.8 Å². The van der Waals surface area contributed by atoms with Crippen LogP contribution in [0, 0.1) is 0 Å². The molecular formula is C11H15NO3. The van der Waals surface area contributed by atoms with E-state index in [-0.39, 0.29) is 11.3 Å². The number of hydrogen-bond donors (Lipinski definition) is 2.